The highest BCUT2D eigenvalue weighted by Gasteiger charge is 2.35. The summed E-state index contributed by atoms with van der Waals surface area (Å²) in [6, 6.07) is 5.48. The molecule has 1 aromatic carbocycles. The van der Waals surface area contributed by atoms with Crippen LogP contribution in [0.15, 0.2) is 40.7 Å². The first kappa shape index (κ1) is 18.9. The van der Waals surface area contributed by atoms with Crippen molar-refractivity contribution in [2.45, 2.75) is 32.0 Å². The van der Waals surface area contributed by atoms with E-state index in [2.05, 4.69) is 15.4 Å². The molecule has 1 N–H and O–H groups in total. The van der Waals surface area contributed by atoms with Crippen LogP contribution in [0.2, 0.25) is 0 Å². The number of aromatic nitrogens is 3. The lowest BCUT2D eigenvalue weighted by Gasteiger charge is -2.28. The minimum Gasteiger partial charge on any atom is -0.463 e. The van der Waals surface area contributed by atoms with E-state index in [1.165, 1.54) is 23.9 Å². The molecule has 0 radical (unpaired) electrons. The summed E-state index contributed by atoms with van der Waals surface area (Å²) in [7, 11) is 0. The summed E-state index contributed by atoms with van der Waals surface area (Å²) in [6.45, 7) is 5.75. The molecule has 27 heavy (non-hydrogen) atoms. The van der Waals surface area contributed by atoms with Crippen LogP contribution >= 0.6 is 11.8 Å². The Kier molecular flexibility index (Phi) is 5.45. The van der Waals surface area contributed by atoms with Gasteiger partial charge in [0.1, 0.15) is 6.04 Å². The third kappa shape index (κ3) is 3.65. The van der Waals surface area contributed by atoms with Gasteiger partial charge in [-0.2, -0.15) is 4.98 Å². The number of nitrogens with one attached hydrogen (secondary N) is 1. The molecule has 0 fully saturated rings. The first-order valence-electron chi connectivity index (χ1n) is 8.44. The molecule has 1 aromatic heterocycles. The number of carbonyl (C=O) groups excluding carboxylic acids is 1. The number of nitro benzene ring substituents is 1. The van der Waals surface area contributed by atoms with Gasteiger partial charge in [0.25, 0.3) is 5.69 Å². The second-order valence-electron chi connectivity index (χ2n) is 5.73. The van der Waals surface area contributed by atoms with E-state index in [1.807, 2.05) is 6.92 Å². The molecule has 9 nitrogen and oxygen atoms in total. The molecular weight excluding hydrogens is 370 g/mol. The Labute approximate surface area is 160 Å². The lowest BCUT2D eigenvalue weighted by molar-refractivity contribution is -0.384. The number of hydrogen-bond donors (Lipinski definition) is 1. The summed E-state index contributed by atoms with van der Waals surface area (Å²) in [4.78, 5) is 27.6. The van der Waals surface area contributed by atoms with Crippen LogP contribution in [0.5, 0.6) is 0 Å². The Hall–Kier alpha value is -2.88. The maximum atomic E-state index is 12.6. The molecule has 142 valence electrons. The van der Waals surface area contributed by atoms with Crippen molar-refractivity contribution < 1.29 is 14.5 Å². The van der Waals surface area contributed by atoms with Crippen LogP contribution in [0.25, 0.3) is 0 Å². The Morgan fingerprint density at radius 2 is 2.07 bits per heavy atom. The molecule has 2 aromatic rings. The molecule has 0 bridgehead atoms. The number of carbonyl (C=O) groups is 1. The van der Waals surface area contributed by atoms with Gasteiger partial charge < -0.3 is 10.1 Å². The summed E-state index contributed by atoms with van der Waals surface area (Å²) in [5.41, 5.74) is 1.68. The number of esters is 1. The van der Waals surface area contributed by atoms with Crippen molar-refractivity contribution in [3.05, 3.63) is 51.2 Å². The largest absolute Gasteiger partial charge is 0.463 e. The molecule has 0 amide bonds. The zero-order valence-electron chi connectivity index (χ0n) is 15.1. The predicted molar refractivity (Wildman–Crippen MR) is 101 cm³/mol. The van der Waals surface area contributed by atoms with Crippen molar-refractivity contribution >= 4 is 29.4 Å². The fourth-order valence-electron chi connectivity index (χ4n) is 2.88. The number of fused-ring (bicyclic) bond motifs is 1. The molecule has 1 aliphatic rings. The number of hydrogen-bond acceptors (Lipinski definition) is 8. The third-order valence-electron chi connectivity index (χ3n) is 4.02. The summed E-state index contributed by atoms with van der Waals surface area (Å²) >= 11 is 1.49. The summed E-state index contributed by atoms with van der Waals surface area (Å²) in [5, 5.41) is 19.2. The van der Waals surface area contributed by atoms with Gasteiger partial charge >= 0.3 is 5.97 Å². The van der Waals surface area contributed by atoms with Gasteiger partial charge in [-0.15, -0.1) is 5.10 Å². The van der Waals surface area contributed by atoms with Gasteiger partial charge in [-0.05, 0) is 37.3 Å². The molecule has 1 aliphatic heterocycles. The van der Waals surface area contributed by atoms with Crippen LogP contribution in [0, 0.1) is 10.1 Å². The Morgan fingerprint density at radius 3 is 2.67 bits per heavy atom. The van der Waals surface area contributed by atoms with Gasteiger partial charge in [0.05, 0.1) is 17.1 Å². The Bertz CT molecular complexity index is 907. The lowest BCUT2D eigenvalue weighted by Crippen LogP contribution is -2.29. The standard InChI is InChI=1S/C17H19N5O4S/c1-4-26-15(23)13-10(3)18-16-19-17(27-5-2)20-21(16)14(13)11-6-8-12(9-7-11)22(24)25/h6-9,14H,4-5H2,1-3H3,(H,18,19,20)/t14-/m0/s1. The van der Waals surface area contributed by atoms with Crippen LogP contribution in [-0.2, 0) is 9.53 Å². The lowest BCUT2D eigenvalue weighted by atomic mass is 9.95. The maximum absolute atomic E-state index is 12.6. The van der Waals surface area contributed by atoms with Gasteiger partial charge in [-0.1, -0.05) is 18.7 Å². The van der Waals surface area contributed by atoms with E-state index in [9.17, 15) is 14.9 Å². The topological polar surface area (TPSA) is 112 Å². The quantitative estimate of drug-likeness (QED) is 0.347. The molecule has 0 saturated carbocycles. The number of thioether (sulfide) groups is 1. The van der Waals surface area contributed by atoms with Crippen molar-refractivity contribution in [1.82, 2.24) is 14.8 Å². The monoisotopic (exact) mass is 389 g/mol. The van der Waals surface area contributed by atoms with Crippen LogP contribution in [0.4, 0.5) is 11.6 Å². The van der Waals surface area contributed by atoms with Crippen LogP contribution in [-0.4, -0.2) is 38.0 Å². The average molecular weight is 389 g/mol. The number of anilines is 1. The maximum Gasteiger partial charge on any atom is 0.338 e. The molecule has 0 spiro atoms. The molecule has 3 rings (SSSR count). The number of non-ortho nitro benzene ring substituents is 1. The number of nitrogens with zero attached hydrogens (tertiary/aromatic N) is 4. The molecule has 0 saturated heterocycles. The zero-order chi connectivity index (χ0) is 19.6. The van der Waals surface area contributed by atoms with E-state index in [4.69, 9.17) is 4.74 Å². The molecule has 2 heterocycles. The van der Waals surface area contributed by atoms with Gasteiger partial charge in [0.15, 0.2) is 0 Å². The third-order valence-corrected chi connectivity index (χ3v) is 4.74. The summed E-state index contributed by atoms with van der Waals surface area (Å²) in [5.74, 6) is 0.861. The zero-order valence-corrected chi connectivity index (χ0v) is 15.9. The Balaban J connectivity index is 2.11. The van der Waals surface area contributed by atoms with E-state index in [0.29, 0.717) is 27.9 Å². The predicted octanol–water partition coefficient (Wildman–Crippen LogP) is 3.15. The van der Waals surface area contributed by atoms with Crippen molar-refractivity contribution in [1.29, 1.82) is 0 Å². The van der Waals surface area contributed by atoms with Crippen molar-refractivity contribution in [2.24, 2.45) is 0 Å². The van der Waals surface area contributed by atoms with Crippen molar-refractivity contribution in [3.8, 4) is 0 Å². The minimum absolute atomic E-state index is 0.0212. The number of ether oxygens (including phenoxy) is 1. The fourth-order valence-corrected chi connectivity index (χ4v) is 3.44. The molecule has 10 heteroatoms. The highest BCUT2D eigenvalue weighted by Crippen LogP contribution is 2.37. The first-order chi connectivity index (χ1) is 13.0. The Morgan fingerprint density at radius 1 is 1.37 bits per heavy atom. The highest BCUT2D eigenvalue weighted by molar-refractivity contribution is 7.99. The number of rotatable bonds is 6. The summed E-state index contributed by atoms with van der Waals surface area (Å²) < 4.78 is 6.85. The number of nitro groups is 1. The van der Waals surface area contributed by atoms with Crippen LogP contribution in [0.3, 0.4) is 0 Å². The fraction of sp³-hybridized carbons (Fsp3) is 0.353. The van der Waals surface area contributed by atoms with Gasteiger partial charge in [0, 0.05) is 17.8 Å². The van der Waals surface area contributed by atoms with Crippen LogP contribution < -0.4 is 5.32 Å². The summed E-state index contributed by atoms with van der Waals surface area (Å²) in [6.07, 6.45) is 0. The van der Waals surface area contributed by atoms with E-state index in [1.54, 1.807) is 30.7 Å². The smallest absolute Gasteiger partial charge is 0.338 e. The van der Waals surface area contributed by atoms with Gasteiger partial charge in [-0.25, -0.2) is 9.48 Å². The normalized spacial score (nSPS) is 15.9. The highest BCUT2D eigenvalue weighted by atomic mass is 32.2. The molecule has 1 atom stereocenters. The minimum atomic E-state index is -0.584. The van der Waals surface area contributed by atoms with E-state index in [-0.39, 0.29) is 12.3 Å². The van der Waals surface area contributed by atoms with Gasteiger partial charge in [0.2, 0.25) is 11.1 Å². The van der Waals surface area contributed by atoms with Crippen molar-refractivity contribution in [3.63, 3.8) is 0 Å². The number of allylic oxidation sites excluding steroid dienone is 1. The van der Waals surface area contributed by atoms with Gasteiger partial charge in [-0.3, -0.25) is 10.1 Å². The van der Waals surface area contributed by atoms with E-state index >= 15 is 0 Å². The second kappa shape index (κ2) is 7.78. The SMILES string of the molecule is CCOC(=O)C1=C(C)Nc2nc(SCC)nn2[C@H]1c1ccc([N+](=O)[O-])cc1. The van der Waals surface area contributed by atoms with E-state index in [0.717, 1.165) is 5.75 Å². The van der Waals surface area contributed by atoms with Crippen LogP contribution in [0.1, 0.15) is 32.4 Å². The average Bonchev–Trinajstić information content (AvgIpc) is 3.03. The molecule has 0 unspecified atom stereocenters. The molecule has 0 aliphatic carbocycles. The first-order valence-corrected chi connectivity index (χ1v) is 9.43. The molecular formula is C17H19N5O4S. The van der Waals surface area contributed by atoms with E-state index < -0.39 is 16.9 Å². The number of benzene rings is 1. The second-order valence-corrected chi connectivity index (χ2v) is 6.96. The van der Waals surface area contributed by atoms with Crippen molar-refractivity contribution in [2.75, 3.05) is 17.7 Å².